The second-order valence-corrected chi connectivity index (χ2v) is 8.50. The largest absolute Gasteiger partial charge is 0.497 e. The molecule has 0 unspecified atom stereocenters. The van der Waals surface area contributed by atoms with Crippen LogP contribution in [0.25, 0.3) is 11.5 Å². The van der Waals surface area contributed by atoms with Gasteiger partial charge in [-0.25, -0.2) is 18.4 Å². The minimum absolute atomic E-state index is 0.0891. The molecule has 0 radical (unpaired) electrons. The van der Waals surface area contributed by atoms with Crippen LogP contribution in [0.4, 0.5) is 0 Å². The molecule has 8 heteroatoms. The number of hydrogen-bond donors (Lipinski definition) is 0. The number of aryl methyl sites for hydroxylation is 1. The normalized spacial score (nSPS) is 11.6. The summed E-state index contributed by atoms with van der Waals surface area (Å²) in [6.45, 7) is 1.99. The first-order valence-corrected chi connectivity index (χ1v) is 10.4. The van der Waals surface area contributed by atoms with Crippen molar-refractivity contribution < 1.29 is 17.6 Å². The smallest absolute Gasteiger partial charge is 0.226 e. The monoisotopic (exact) mass is 378 g/mol. The number of rotatable bonds is 7. The number of thiazole rings is 1. The van der Waals surface area contributed by atoms with E-state index in [2.05, 4.69) is 9.97 Å². The van der Waals surface area contributed by atoms with Gasteiger partial charge >= 0.3 is 0 Å². The Labute approximate surface area is 150 Å². The van der Waals surface area contributed by atoms with Crippen LogP contribution < -0.4 is 4.74 Å². The Balaban J connectivity index is 1.71. The molecule has 0 fully saturated rings. The van der Waals surface area contributed by atoms with Crippen molar-refractivity contribution in [3.63, 3.8) is 0 Å². The molecule has 3 aromatic rings. The van der Waals surface area contributed by atoms with E-state index in [0.717, 1.165) is 22.7 Å². The van der Waals surface area contributed by atoms with Crippen molar-refractivity contribution in [2.45, 2.75) is 24.9 Å². The van der Waals surface area contributed by atoms with Crippen molar-refractivity contribution in [1.29, 1.82) is 0 Å². The summed E-state index contributed by atoms with van der Waals surface area (Å²) in [5, 5.41) is 2.73. The summed E-state index contributed by atoms with van der Waals surface area (Å²) in [6.07, 6.45) is 2.19. The molecule has 132 valence electrons. The van der Waals surface area contributed by atoms with Gasteiger partial charge in [0.15, 0.2) is 9.84 Å². The van der Waals surface area contributed by atoms with Gasteiger partial charge in [-0.2, -0.15) is 0 Å². The Morgan fingerprint density at radius 1 is 1.12 bits per heavy atom. The summed E-state index contributed by atoms with van der Waals surface area (Å²) in [4.78, 5) is 8.59. The van der Waals surface area contributed by atoms with Gasteiger partial charge in [0.25, 0.3) is 0 Å². The summed E-state index contributed by atoms with van der Waals surface area (Å²) in [5.74, 6) is 0.849. The van der Waals surface area contributed by atoms with E-state index in [4.69, 9.17) is 9.15 Å². The van der Waals surface area contributed by atoms with E-state index in [-0.39, 0.29) is 11.5 Å². The number of methoxy groups -OCH3 is 1. The quantitative estimate of drug-likeness (QED) is 0.626. The first-order valence-electron chi connectivity index (χ1n) is 7.71. The van der Waals surface area contributed by atoms with E-state index >= 15 is 0 Å². The van der Waals surface area contributed by atoms with E-state index in [1.54, 1.807) is 24.6 Å². The van der Waals surface area contributed by atoms with Gasteiger partial charge in [0.2, 0.25) is 5.89 Å². The maximum absolute atomic E-state index is 12.4. The molecule has 6 nitrogen and oxygen atoms in total. The highest BCUT2D eigenvalue weighted by atomic mass is 32.2. The molecule has 1 aromatic carbocycles. The lowest BCUT2D eigenvalue weighted by Crippen LogP contribution is -2.08. The third-order valence-electron chi connectivity index (χ3n) is 3.53. The van der Waals surface area contributed by atoms with Crippen LogP contribution in [-0.2, 0) is 27.8 Å². The van der Waals surface area contributed by atoms with Gasteiger partial charge < -0.3 is 9.15 Å². The van der Waals surface area contributed by atoms with Crippen LogP contribution in [-0.4, -0.2) is 25.5 Å². The summed E-state index contributed by atoms with van der Waals surface area (Å²) < 4.78 is 35.2. The molecule has 2 heterocycles. The van der Waals surface area contributed by atoms with Gasteiger partial charge in [-0.1, -0.05) is 6.92 Å². The van der Waals surface area contributed by atoms with Gasteiger partial charge in [0.1, 0.15) is 12.0 Å². The minimum atomic E-state index is -3.36. The Morgan fingerprint density at radius 3 is 2.48 bits per heavy atom. The van der Waals surface area contributed by atoms with Gasteiger partial charge in [0.05, 0.1) is 35.0 Å². The molecule has 3 rings (SSSR count). The zero-order valence-electron chi connectivity index (χ0n) is 13.9. The van der Waals surface area contributed by atoms with Crippen molar-refractivity contribution in [1.82, 2.24) is 9.97 Å². The molecular weight excluding hydrogens is 360 g/mol. The highest BCUT2D eigenvalue weighted by Gasteiger charge is 2.18. The second-order valence-electron chi connectivity index (χ2n) is 5.49. The molecule has 0 aliphatic rings. The number of ether oxygens (including phenoxy) is 1. The Kier molecular flexibility index (Phi) is 5.19. The zero-order valence-corrected chi connectivity index (χ0v) is 15.6. The zero-order chi connectivity index (χ0) is 17.9. The molecule has 0 N–H and O–H groups in total. The Bertz CT molecular complexity index is 943. The van der Waals surface area contributed by atoms with Crippen LogP contribution in [0.5, 0.6) is 5.75 Å². The van der Waals surface area contributed by atoms with Crippen molar-refractivity contribution in [3.8, 4) is 17.2 Å². The lowest BCUT2D eigenvalue weighted by Gasteiger charge is -2.00. The van der Waals surface area contributed by atoms with Crippen molar-refractivity contribution in [2.75, 3.05) is 7.11 Å². The van der Waals surface area contributed by atoms with E-state index < -0.39 is 9.84 Å². The Hall–Kier alpha value is -2.19. The second kappa shape index (κ2) is 7.37. The number of oxazole rings is 1. The highest BCUT2D eigenvalue weighted by molar-refractivity contribution is 7.89. The molecule has 25 heavy (non-hydrogen) atoms. The van der Waals surface area contributed by atoms with Crippen molar-refractivity contribution in [3.05, 3.63) is 52.3 Å². The summed E-state index contributed by atoms with van der Waals surface area (Å²) in [7, 11) is -1.77. The van der Waals surface area contributed by atoms with Crippen LogP contribution in [0.1, 0.15) is 23.3 Å². The van der Waals surface area contributed by atoms with Crippen LogP contribution in [0.2, 0.25) is 0 Å². The van der Waals surface area contributed by atoms with E-state index in [0.29, 0.717) is 17.3 Å². The fraction of sp³-hybridized carbons (Fsp3) is 0.294. The molecule has 0 saturated heterocycles. The van der Waals surface area contributed by atoms with Gasteiger partial charge in [-0.15, -0.1) is 11.3 Å². The van der Waals surface area contributed by atoms with Crippen LogP contribution >= 0.6 is 11.3 Å². The average molecular weight is 378 g/mol. The van der Waals surface area contributed by atoms with Gasteiger partial charge in [-0.05, 0) is 30.7 Å². The molecule has 2 aromatic heterocycles. The maximum atomic E-state index is 12.4. The number of sulfone groups is 1. The first-order chi connectivity index (χ1) is 12.0. The molecule has 0 bridgehead atoms. The molecule has 0 amide bonds. The van der Waals surface area contributed by atoms with E-state index in [9.17, 15) is 8.42 Å². The maximum Gasteiger partial charge on any atom is 0.226 e. The minimum Gasteiger partial charge on any atom is -0.497 e. The SMILES string of the molecule is CCc1nc(CS(=O)(=O)Cc2coc(-c3ccc(OC)cc3)n2)cs1. The van der Waals surface area contributed by atoms with E-state index in [1.165, 1.54) is 17.6 Å². The first kappa shape index (κ1) is 17.6. The topological polar surface area (TPSA) is 82.3 Å². The third-order valence-corrected chi connectivity index (χ3v) is 6.04. The average Bonchev–Trinajstić information content (AvgIpc) is 3.23. The van der Waals surface area contributed by atoms with Crippen molar-refractivity contribution in [2.24, 2.45) is 0 Å². The lowest BCUT2D eigenvalue weighted by molar-refractivity contribution is 0.415. The van der Waals surface area contributed by atoms with Crippen LogP contribution in [0.15, 0.2) is 40.3 Å². The van der Waals surface area contributed by atoms with Crippen LogP contribution in [0, 0.1) is 0 Å². The number of hydrogen-bond acceptors (Lipinski definition) is 7. The fourth-order valence-electron chi connectivity index (χ4n) is 2.32. The molecule has 0 aliphatic heterocycles. The Morgan fingerprint density at radius 2 is 1.84 bits per heavy atom. The predicted molar refractivity (Wildman–Crippen MR) is 96.3 cm³/mol. The third kappa shape index (κ3) is 4.46. The summed E-state index contributed by atoms with van der Waals surface area (Å²) in [5.41, 5.74) is 1.73. The van der Waals surface area contributed by atoms with Crippen molar-refractivity contribution >= 4 is 21.2 Å². The summed E-state index contributed by atoms with van der Waals surface area (Å²) >= 11 is 1.48. The predicted octanol–water partition coefficient (Wildman–Crippen LogP) is 3.48. The van der Waals surface area contributed by atoms with Crippen LogP contribution in [0.3, 0.4) is 0 Å². The molecule has 0 aliphatic carbocycles. The molecule has 0 atom stereocenters. The standard InChI is InChI=1S/C17H18N2O4S2/c1-3-16-18-14(9-24-16)11-25(20,21)10-13-8-23-17(19-13)12-4-6-15(22-2)7-5-12/h4-9H,3,10-11H2,1-2H3. The number of nitrogens with zero attached hydrogens (tertiary/aromatic N) is 2. The van der Waals surface area contributed by atoms with E-state index in [1.807, 2.05) is 19.1 Å². The fourth-order valence-corrected chi connectivity index (χ4v) is 4.45. The van der Waals surface area contributed by atoms with Gasteiger partial charge in [0, 0.05) is 10.9 Å². The van der Waals surface area contributed by atoms with Gasteiger partial charge in [-0.3, -0.25) is 0 Å². The molecule has 0 saturated carbocycles. The highest BCUT2D eigenvalue weighted by Crippen LogP contribution is 2.23. The molecular formula is C17H18N2O4S2. The summed E-state index contributed by atoms with van der Waals surface area (Å²) in [6, 6.07) is 7.21. The molecule has 0 spiro atoms. The number of benzene rings is 1. The number of aromatic nitrogens is 2. The lowest BCUT2D eigenvalue weighted by atomic mass is 10.2.